The number of hydrogen-bond donors (Lipinski definition) is 1. The summed E-state index contributed by atoms with van der Waals surface area (Å²) in [6, 6.07) is 9.50. The third kappa shape index (κ3) is 3.92. The van der Waals surface area contributed by atoms with Crippen molar-refractivity contribution in [1.29, 1.82) is 0 Å². The van der Waals surface area contributed by atoms with Gasteiger partial charge in [-0.15, -0.1) is 0 Å². The van der Waals surface area contributed by atoms with Crippen LogP contribution < -0.4 is 10.1 Å². The Hall–Kier alpha value is -1.16. The number of benzene rings is 2. The molecular formula is C14H11Cl3FNO. The molecule has 20 heavy (non-hydrogen) atoms. The smallest absolute Gasteiger partial charge is 0.146 e. The van der Waals surface area contributed by atoms with Gasteiger partial charge in [0.1, 0.15) is 18.2 Å². The van der Waals surface area contributed by atoms with Crippen LogP contribution in [0.3, 0.4) is 0 Å². The Morgan fingerprint density at radius 2 is 1.70 bits per heavy atom. The second-order valence-corrected chi connectivity index (χ2v) is 5.17. The van der Waals surface area contributed by atoms with E-state index in [2.05, 4.69) is 5.32 Å². The monoisotopic (exact) mass is 333 g/mol. The van der Waals surface area contributed by atoms with Crippen LogP contribution >= 0.6 is 34.8 Å². The van der Waals surface area contributed by atoms with Gasteiger partial charge in [0.05, 0.1) is 20.8 Å². The first-order valence-corrected chi connectivity index (χ1v) is 6.97. The molecule has 0 unspecified atom stereocenters. The predicted octanol–water partition coefficient (Wildman–Crippen LogP) is 5.28. The molecule has 0 aliphatic heterocycles. The van der Waals surface area contributed by atoms with Gasteiger partial charge in [-0.1, -0.05) is 46.9 Å². The van der Waals surface area contributed by atoms with E-state index in [1.54, 1.807) is 24.3 Å². The van der Waals surface area contributed by atoms with Gasteiger partial charge in [-0.3, -0.25) is 0 Å². The van der Waals surface area contributed by atoms with E-state index >= 15 is 0 Å². The van der Waals surface area contributed by atoms with E-state index in [9.17, 15) is 4.39 Å². The third-order valence-corrected chi connectivity index (χ3v) is 3.54. The van der Waals surface area contributed by atoms with Crippen molar-refractivity contribution in [3.8, 4) is 5.75 Å². The van der Waals surface area contributed by atoms with Crippen LogP contribution in [0.4, 0.5) is 10.1 Å². The van der Waals surface area contributed by atoms with Crippen LogP contribution in [0.1, 0.15) is 0 Å². The maximum atomic E-state index is 13.3. The van der Waals surface area contributed by atoms with Gasteiger partial charge in [-0.05, 0) is 18.2 Å². The molecule has 0 radical (unpaired) electrons. The quantitative estimate of drug-likeness (QED) is 0.593. The fraction of sp³-hybridized carbons (Fsp3) is 0.143. The molecule has 0 atom stereocenters. The second kappa shape index (κ2) is 7.02. The molecule has 0 spiro atoms. The van der Waals surface area contributed by atoms with Gasteiger partial charge in [-0.2, -0.15) is 0 Å². The van der Waals surface area contributed by atoms with Gasteiger partial charge in [0.15, 0.2) is 0 Å². The molecule has 2 rings (SSSR count). The van der Waals surface area contributed by atoms with Gasteiger partial charge in [0, 0.05) is 12.6 Å². The summed E-state index contributed by atoms with van der Waals surface area (Å²) in [5.41, 5.74) is 0.427. The molecule has 0 saturated carbocycles. The molecule has 1 N–H and O–H groups in total. The first kappa shape index (κ1) is 15.2. The average Bonchev–Trinajstić information content (AvgIpc) is 2.42. The molecule has 2 aromatic rings. The van der Waals surface area contributed by atoms with Gasteiger partial charge >= 0.3 is 0 Å². The Labute approximate surface area is 131 Å². The minimum absolute atomic E-state index is 0.305. The zero-order chi connectivity index (χ0) is 14.5. The standard InChI is InChI=1S/C14H11Cl3FNO/c15-9-7-11(17)14(8-10(9)16)20-6-5-19-13-4-2-1-3-12(13)18/h1-4,7-8,19H,5-6H2. The molecule has 0 saturated heterocycles. The summed E-state index contributed by atoms with van der Waals surface area (Å²) in [6.45, 7) is 0.740. The van der Waals surface area contributed by atoms with Crippen molar-refractivity contribution in [3.63, 3.8) is 0 Å². The fourth-order valence-corrected chi connectivity index (χ4v) is 2.16. The molecule has 0 fully saturated rings. The highest BCUT2D eigenvalue weighted by atomic mass is 35.5. The lowest BCUT2D eigenvalue weighted by atomic mass is 10.3. The Morgan fingerprint density at radius 3 is 2.45 bits per heavy atom. The lowest BCUT2D eigenvalue weighted by Crippen LogP contribution is -2.12. The van der Waals surface area contributed by atoms with Crippen LogP contribution in [0.2, 0.25) is 15.1 Å². The van der Waals surface area contributed by atoms with Crippen molar-refractivity contribution in [2.45, 2.75) is 0 Å². The summed E-state index contributed by atoms with van der Waals surface area (Å²) in [7, 11) is 0. The Kier molecular flexibility index (Phi) is 5.35. The van der Waals surface area contributed by atoms with E-state index in [4.69, 9.17) is 39.5 Å². The number of hydrogen-bond acceptors (Lipinski definition) is 2. The number of anilines is 1. The van der Waals surface area contributed by atoms with Gasteiger partial charge in [0.2, 0.25) is 0 Å². The van der Waals surface area contributed by atoms with Gasteiger partial charge in [-0.25, -0.2) is 4.39 Å². The molecule has 2 aromatic carbocycles. The zero-order valence-corrected chi connectivity index (χ0v) is 12.6. The molecule has 106 valence electrons. The van der Waals surface area contributed by atoms with Crippen LogP contribution in [-0.4, -0.2) is 13.2 Å². The molecule has 2 nitrogen and oxygen atoms in total. The summed E-state index contributed by atoms with van der Waals surface area (Å²) in [5, 5.41) is 4.04. The number of para-hydroxylation sites is 1. The predicted molar refractivity (Wildman–Crippen MR) is 81.9 cm³/mol. The van der Waals surface area contributed by atoms with Crippen molar-refractivity contribution >= 4 is 40.5 Å². The molecule has 0 heterocycles. The SMILES string of the molecule is Fc1ccccc1NCCOc1cc(Cl)c(Cl)cc1Cl. The van der Waals surface area contributed by atoms with Crippen molar-refractivity contribution in [1.82, 2.24) is 0 Å². The van der Waals surface area contributed by atoms with Crippen LogP contribution in [0.15, 0.2) is 36.4 Å². The Balaban J connectivity index is 1.88. The Bertz CT molecular complexity index is 607. The molecule has 0 aliphatic rings. The Morgan fingerprint density at radius 1 is 1.00 bits per heavy atom. The molecule has 0 amide bonds. The molecule has 0 aliphatic carbocycles. The number of rotatable bonds is 5. The minimum atomic E-state index is -0.305. The van der Waals surface area contributed by atoms with Crippen molar-refractivity contribution in [2.24, 2.45) is 0 Å². The highest BCUT2D eigenvalue weighted by Gasteiger charge is 2.07. The van der Waals surface area contributed by atoms with E-state index in [-0.39, 0.29) is 5.82 Å². The van der Waals surface area contributed by atoms with E-state index in [0.717, 1.165) is 0 Å². The first-order valence-electron chi connectivity index (χ1n) is 5.83. The van der Waals surface area contributed by atoms with E-state index in [1.807, 2.05) is 0 Å². The van der Waals surface area contributed by atoms with Crippen LogP contribution in [0.5, 0.6) is 5.75 Å². The number of ether oxygens (including phenoxy) is 1. The minimum Gasteiger partial charge on any atom is -0.490 e. The molecular weight excluding hydrogens is 324 g/mol. The largest absolute Gasteiger partial charge is 0.490 e. The zero-order valence-electron chi connectivity index (χ0n) is 10.3. The highest BCUT2D eigenvalue weighted by molar-refractivity contribution is 6.43. The highest BCUT2D eigenvalue weighted by Crippen LogP contribution is 2.33. The summed E-state index contributed by atoms with van der Waals surface area (Å²) in [4.78, 5) is 0. The first-order chi connectivity index (χ1) is 9.58. The number of nitrogens with one attached hydrogen (secondary N) is 1. The van der Waals surface area contributed by atoms with Crippen LogP contribution in [0, 0.1) is 5.82 Å². The lowest BCUT2D eigenvalue weighted by molar-refractivity contribution is 0.333. The van der Waals surface area contributed by atoms with Gasteiger partial charge in [0.25, 0.3) is 0 Å². The molecule has 0 bridgehead atoms. The summed E-state index contributed by atoms with van der Waals surface area (Å²) >= 11 is 17.7. The normalized spacial score (nSPS) is 10.4. The average molecular weight is 335 g/mol. The topological polar surface area (TPSA) is 21.3 Å². The van der Waals surface area contributed by atoms with E-state index < -0.39 is 0 Å². The van der Waals surface area contributed by atoms with Gasteiger partial charge < -0.3 is 10.1 Å². The van der Waals surface area contributed by atoms with Crippen molar-refractivity contribution < 1.29 is 9.13 Å². The third-order valence-electron chi connectivity index (χ3n) is 2.52. The summed E-state index contributed by atoms with van der Waals surface area (Å²) in [6.07, 6.45) is 0. The van der Waals surface area contributed by atoms with Crippen molar-refractivity contribution in [3.05, 3.63) is 57.3 Å². The second-order valence-electron chi connectivity index (χ2n) is 3.95. The maximum absolute atomic E-state index is 13.3. The molecule has 6 heteroatoms. The lowest BCUT2D eigenvalue weighted by Gasteiger charge is -2.11. The van der Waals surface area contributed by atoms with E-state index in [0.29, 0.717) is 39.7 Å². The molecule has 0 aromatic heterocycles. The van der Waals surface area contributed by atoms with Crippen LogP contribution in [0.25, 0.3) is 0 Å². The van der Waals surface area contributed by atoms with Crippen LogP contribution in [-0.2, 0) is 0 Å². The maximum Gasteiger partial charge on any atom is 0.146 e. The fourth-order valence-electron chi connectivity index (χ4n) is 1.57. The summed E-state index contributed by atoms with van der Waals surface area (Å²) in [5.74, 6) is 0.136. The van der Waals surface area contributed by atoms with Crippen molar-refractivity contribution in [2.75, 3.05) is 18.5 Å². The number of halogens is 4. The van der Waals surface area contributed by atoms with E-state index in [1.165, 1.54) is 12.1 Å². The summed E-state index contributed by atoms with van der Waals surface area (Å²) < 4.78 is 18.8.